The first-order valence-electron chi connectivity index (χ1n) is 8.11. The van der Waals surface area contributed by atoms with Gasteiger partial charge >= 0.3 is 11.9 Å². The van der Waals surface area contributed by atoms with E-state index < -0.39 is 35.0 Å². The molecular weight excluding hydrogens is 332 g/mol. The third-order valence-corrected chi connectivity index (χ3v) is 5.02. The van der Waals surface area contributed by atoms with Crippen LogP contribution in [0.5, 0.6) is 0 Å². The molecule has 8 heteroatoms. The third-order valence-electron chi connectivity index (χ3n) is 5.02. The first kappa shape index (κ1) is 18.1. The maximum Gasteiger partial charge on any atom is 0.343 e. The van der Waals surface area contributed by atoms with Crippen LogP contribution in [-0.2, 0) is 23.8 Å². The minimum atomic E-state index is -1.83. The fourth-order valence-electron chi connectivity index (χ4n) is 3.56. The molecule has 0 amide bonds. The van der Waals surface area contributed by atoms with Crippen LogP contribution in [0, 0.1) is 0 Å². The quantitative estimate of drug-likeness (QED) is 0.595. The highest BCUT2D eigenvalue weighted by atomic mass is 16.7. The lowest BCUT2D eigenvalue weighted by Gasteiger charge is -2.39. The summed E-state index contributed by atoms with van der Waals surface area (Å²) in [6.45, 7) is 3.93. The predicted molar refractivity (Wildman–Crippen MR) is 82.8 cm³/mol. The summed E-state index contributed by atoms with van der Waals surface area (Å²) in [6.07, 6.45) is 0.480. The molecule has 2 bridgehead atoms. The Labute approximate surface area is 144 Å². The van der Waals surface area contributed by atoms with E-state index >= 15 is 0 Å². The minimum Gasteiger partial charge on any atom is -0.461 e. The van der Waals surface area contributed by atoms with Crippen LogP contribution in [0.2, 0.25) is 0 Å². The number of esters is 2. The van der Waals surface area contributed by atoms with Crippen molar-refractivity contribution in [3.63, 3.8) is 0 Å². The first-order valence-corrected chi connectivity index (χ1v) is 8.11. The van der Waals surface area contributed by atoms with Crippen LogP contribution >= 0.6 is 0 Å². The first-order chi connectivity index (χ1) is 11.5. The van der Waals surface area contributed by atoms with E-state index in [-0.39, 0.29) is 36.4 Å². The van der Waals surface area contributed by atoms with Crippen LogP contribution in [0.3, 0.4) is 0 Å². The smallest absolute Gasteiger partial charge is 0.343 e. The van der Waals surface area contributed by atoms with Crippen LogP contribution in [0.25, 0.3) is 0 Å². The van der Waals surface area contributed by atoms with E-state index in [2.05, 4.69) is 0 Å². The number of carbonyl (C=O) groups excluding carboxylic acids is 2. The number of aliphatic hydroxyl groups is 3. The number of rotatable bonds is 2. The highest BCUT2D eigenvalue weighted by molar-refractivity contribution is 5.95. The number of hydrogen-bond donors (Lipinski definition) is 3. The summed E-state index contributed by atoms with van der Waals surface area (Å²) in [6, 6.07) is 0. The van der Waals surface area contributed by atoms with Crippen molar-refractivity contribution in [3.05, 3.63) is 23.0 Å². The second-order valence-electron chi connectivity index (χ2n) is 7.26. The number of hydrogen-bond acceptors (Lipinski definition) is 8. The molecule has 3 rings (SSSR count). The van der Waals surface area contributed by atoms with Gasteiger partial charge in [0.15, 0.2) is 5.79 Å². The van der Waals surface area contributed by atoms with Gasteiger partial charge in [0, 0.05) is 25.3 Å². The molecule has 0 aromatic rings. The molecule has 3 aliphatic rings. The van der Waals surface area contributed by atoms with Gasteiger partial charge < -0.3 is 29.5 Å². The molecule has 0 unspecified atom stereocenters. The van der Waals surface area contributed by atoms with Crippen molar-refractivity contribution >= 4 is 11.9 Å². The Morgan fingerprint density at radius 2 is 2.04 bits per heavy atom. The van der Waals surface area contributed by atoms with Crippen LogP contribution < -0.4 is 0 Å². The van der Waals surface area contributed by atoms with Gasteiger partial charge in [-0.15, -0.1) is 0 Å². The number of carbonyl (C=O) groups is 2. The Morgan fingerprint density at radius 3 is 2.68 bits per heavy atom. The lowest BCUT2D eigenvalue weighted by atomic mass is 9.82. The number of aliphatic hydroxyl groups excluding tert-OH is 1. The summed E-state index contributed by atoms with van der Waals surface area (Å²) in [4.78, 5) is 23.2. The van der Waals surface area contributed by atoms with E-state index in [0.29, 0.717) is 6.42 Å². The number of ether oxygens (including phenoxy) is 3. The zero-order valence-electron chi connectivity index (χ0n) is 14.4. The van der Waals surface area contributed by atoms with Crippen molar-refractivity contribution in [3.8, 4) is 0 Å². The molecule has 1 fully saturated rings. The molecule has 0 radical (unpaired) electrons. The Bertz CT molecular complexity index is 691. The standard InChI is InChI=1S/C17H22O8/c1-9(18)23-8-10-13-11(19)6-16(3,21)17(22)5-4-15(2,25-17)7-12(13)24-14(10)20/h7,11,19,21-22H,4-6,8H2,1-3H3/b12-7+/t11-,15+,16+,17-/m0/s1. The normalized spacial score (nSPS) is 42.7. The van der Waals surface area contributed by atoms with Gasteiger partial charge in [0.25, 0.3) is 0 Å². The summed E-state index contributed by atoms with van der Waals surface area (Å²) in [5.74, 6) is -3.03. The molecule has 0 aliphatic carbocycles. The molecule has 138 valence electrons. The lowest BCUT2D eigenvalue weighted by molar-refractivity contribution is -0.297. The van der Waals surface area contributed by atoms with Gasteiger partial charge in [-0.05, 0) is 26.3 Å². The lowest BCUT2D eigenvalue weighted by Crippen LogP contribution is -2.54. The van der Waals surface area contributed by atoms with Gasteiger partial charge in [0.1, 0.15) is 18.0 Å². The second kappa shape index (κ2) is 5.63. The maximum absolute atomic E-state index is 12.2. The molecule has 25 heavy (non-hydrogen) atoms. The van der Waals surface area contributed by atoms with E-state index in [4.69, 9.17) is 14.2 Å². The molecule has 0 aromatic heterocycles. The summed E-state index contributed by atoms with van der Waals surface area (Å²) in [5, 5.41) is 32.1. The molecule has 0 spiro atoms. The van der Waals surface area contributed by atoms with E-state index in [0.717, 1.165) is 0 Å². The van der Waals surface area contributed by atoms with Crippen molar-refractivity contribution in [1.29, 1.82) is 0 Å². The molecule has 3 aliphatic heterocycles. The summed E-state index contributed by atoms with van der Waals surface area (Å²) in [5.41, 5.74) is -2.59. The van der Waals surface area contributed by atoms with Gasteiger partial charge in [-0.3, -0.25) is 4.79 Å². The molecule has 8 nitrogen and oxygen atoms in total. The van der Waals surface area contributed by atoms with Gasteiger partial charge in [-0.2, -0.15) is 0 Å². The highest BCUT2D eigenvalue weighted by Crippen LogP contribution is 2.48. The third kappa shape index (κ3) is 2.99. The van der Waals surface area contributed by atoms with Crippen LogP contribution in [-0.4, -0.2) is 57.0 Å². The SMILES string of the molecule is CC(=O)OCC1=C2/C(=C\[C@@]3(C)CC[C@](O)(O3)[C@](C)(O)C[C@@H]2O)OC1=O. The van der Waals surface area contributed by atoms with Crippen molar-refractivity contribution in [2.75, 3.05) is 6.61 Å². The van der Waals surface area contributed by atoms with Crippen molar-refractivity contribution in [1.82, 2.24) is 0 Å². The fraction of sp³-hybridized carbons (Fsp3) is 0.647. The van der Waals surface area contributed by atoms with E-state index in [1.54, 1.807) is 6.92 Å². The Kier molecular flexibility index (Phi) is 4.07. The molecule has 3 heterocycles. The van der Waals surface area contributed by atoms with Crippen LogP contribution in [0.4, 0.5) is 0 Å². The maximum atomic E-state index is 12.2. The van der Waals surface area contributed by atoms with Crippen molar-refractivity contribution < 1.29 is 39.1 Å². The van der Waals surface area contributed by atoms with Crippen LogP contribution in [0.15, 0.2) is 23.0 Å². The van der Waals surface area contributed by atoms with E-state index in [1.165, 1.54) is 19.9 Å². The summed E-state index contributed by atoms with van der Waals surface area (Å²) < 4.78 is 15.8. The molecule has 4 atom stereocenters. The Balaban J connectivity index is 2.09. The monoisotopic (exact) mass is 354 g/mol. The van der Waals surface area contributed by atoms with E-state index in [9.17, 15) is 24.9 Å². The van der Waals surface area contributed by atoms with Crippen molar-refractivity contribution in [2.45, 2.75) is 63.1 Å². The minimum absolute atomic E-state index is 0.0121. The zero-order chi connectivity index (χ0) is 18.6. The molecule has 3 N–H and O–H groups in total. The average Bonchev–Trinajstić information content (AvgIpc) is 2.94. The predicted octanol–water partition coefficient (Wildman–Crippen LogP) is 0.0601. The van der Waals surface area contributed by atoms with Crippen LogP contribution in [0.1, 0.15) is 40.0 Å². The Morgan fingerprint density at radius 1 is 1.36 bits per heavy atom. The highest BCUT2D eigenvalue weighted by Gasteiger charge is 2.58. The average molecular weight is 354 g/mol. The van der Waals surface area contributed by atoms with Gasteiger partial charge in [-0.25, -0.2) is 4.79 Å². The fourth-order valence-corrected chi connectivity index (χ4v) is 3.56. The largest absolute Gasteiger partial charge is 0.461 e. The number of fused-ring (bicyclic) bond motifs is 3. The van der Waals surface area contributed by atoms with Gasteiger partial charge in [0.2, 0.25) is 0 Å². The molecular formula is C17H22O8. The van der Waals surface area contributed by atoms with Crippen molar-refractivity contribution in [2.24, 2.45) is 0 Å². The Hall–Kier alpha value is -1.74. The van der Waals surface area contributed by atoms with E-state index in [1.807, 2.05) is 0 Å². The van der Waals surface area contributed by atoms with Gasteiger partial charge in [0.05, 0.1) is 17.3 Å². The zero-order valence-corrected chi connectivity index (χ0v) is 14.4. The second-order valence-corrected chi connectivity index (χ2v) is 7.26. The summed E-state index contributed by atoms with van der Waals surface area (Å²) >= 11 is 0. The summed E-state index contributed by atoms with van der Waals surface area (Å²) in [7, 11) is 0. The molecule has 0 aromatic carbocycles. The molecule has 0 saturated carbocycles. The van der Waals surface area contributed by atoms with Gasteiger partial charge in [-0.1, -0.05) is 0 Å². The topological polar surface area (TPSA) is 123 Å². The molecule has 1 saturated heterocycles.